The zero-order valence-electron chi connectivity index (χ0n) is 14.8. The largest absolute Gasteiger partial charge is 0.309 e. The molecule has 27 heavy (non-hydrogen) atoms. The summed E-state index contributed by atoms with van der Waals surface area (Å²) in [6.45, 7) is 0.797. The van der Waals surface area contributed by atoms with Crippen molar-refractivity contribution in [3.05, 3.63) is 64.3 Å². The third-order valence-electron chi connectivity index (χ3n) is 4.40. The molecule has 0 bridgehead atoms. The molecule has 0 unspecified atom stereocenters. The van der Waals surface area contributed by atoms with E-state index in [1.165, 1.54) is 27.4 Å². The van der Waals surface area contributed by atoms with Crippen molar-refractivity contribution in [1.29, 1.82) is 0 Å². The number of allylic oxidation sites excluding steroid dienone is 2. The summed E-state index contributed by atoms with van der Waals surface area (Å²) in [7, 11) is 0.0741. The third-order valence-corrected chi connectivity index (χ3v) is 6.40. The molecular weight excluding hydrogens is 390 g/mol. The van der Waals surface area contributed by atoms with E-state index in [0.29, 0.717) is 17.6 Å². The fourth-order valence-electron chi connectivity index (χ4n) is 3.04. The molecule has 142 valence electrons. The number of halogens is 1. The molecule has 2 aliphatic heterocycles. The van der Waals surface area contributed by atoms with Gasteiger partial charge in [-0.1, -0.05) is 11.6 Å². The van der Waals surface area contributed by atoms with Gasteiger partial charge < -0.3 is 4.90 Å². The number of nitrogens with one attached hydrogen (secondary N) is 1. The molecule has 0 fully saturated rings. The molecule has 1 N–H and O–H groups in total. The lowest BCUT2D eigenvalue weighted by molar-refractivity contribution is -0.117. The van der Waals surface area contributed by atoms with Gasteiger partial charge in [-0.05, 0) is 44.3 Å². The zero-order valence-corrected chi connectivity index (χ0v) is 16.3. The Labute approximate surface area is 161 Å². The molecule has 0 spiro atoms. The predicted molar refractivity (Wildman–Crippen MR) is 102 cm³/mol. The minimum atomic E-state index is -3.88. The summed E-state index contributed by atoms with van der Waals surface area (Å²) in [6.07, 6.45) is 10.1. The van der Waals surface area contributed by atoms with Crippen molar-refractivity contribution in [3.63, 3.8) is 0 Å². The molecule has 4 heterocycles. The highest BCUT2D eigenvalue weighted by molar-refractivity contribution is 7.94. The molecule has 2 aromatic rings. The third kappa shape index (κ3) is 3.02. The molecule has 4 rings (SSSR count). The normalized spacial score (nSPS) is 16.9. The summed E-state index contributed by atoms with van der Waals surface area (Å²) in [5, 5.41) is 2.31. The first-order valence-electron chi connectivity index (χ1n) is 8.24. The molecule has 0 aliphatic carbocycles. The van der Waals surface area contributed by atoms with Crippen LogP contribution in [-0.4, -0.2) is 48.0 Å². The number of fused-ring (bicyclic) bond motifs is 2. The summed E-state index contributed by atoms with van der Waals surface area (Å²) >= 11 is 6.07. The summed E-state index contributed by atoms with van der Waals surface area (Å²) < 4.78 is 28.2. The van der Waals surface area contributed by atoms with Crippen LogP contribution in [0.25, 0.3) is 10.9 Å². The van der Waals surface area contributed by atoms with Crippen LogP contribution >= 0.6 is 11.6 Å². The molecule has 10 heteroatoms. The first-order chi connectivity index (χ1) is 12.9. The van der Waals surface area contributed by atoms with Gasteiger partial charge in [-0.2, -0.15) is 10.0 Å². The molecule has 0 radical (unpaired) electrons. The lowest BCUT2D eigenvalue weighted by Crippen LogP contribution is -2.25. The van der Waals surface area contributed by atoms with Crippen molar-refractivity contribution in [2.75, 3.05) is 20.6 Å². The maximum Gasteiger partial charge on any atom is 0.270 e. The van der Waals surface area contributed by atoms with Crippen LogP contribution in [0.15, 0.2) is 58.8 Å². The fourth-order valence-corrected chi connectivity index (χ4v) is 4.77. The zero-order chi connectivity index (χ0) is 19.2. The van der Waals surface area contributed by atoms with Crippen LogP contribution in [0.2, 0.25) is 0 Å². The van der Waals surface area contributed by atoms with Crippen LogP contribution in [0.5, 0.6) is 0 Å². The highest BCUT2D eigenvalue weighted by Crippen LogP contribution is 2.35. The minimum Gasteiger partial charge on any atom is -0.309 e. The van der Waals surface area contributed by atoms with E-state index >= 15 is 0 Å². The van der Waals surface area contributed by atoms with Crippen molar-refractivity contribution < 1.29 is 13.4 Å². The average Bonchev–Trinajstić information content (AvgIpc) is 3.26. The Morgan fingerprint density at radius 3 is 2.93 bits per heavy atom. The lowest BCUT2D eigenvalue weighted by Gasteiger charge is -2.22. The van der Waals surface area contributed by atoms with Crippen LogP contribution < -0.4 is 5.48 Å². The van der Waals surface area contributed by atoms with Crippen molar-refractivity contribution >= 4 is 32.5 Å². The van der Waals surface area contributed by atoms with E-state index in [1.807, 2.05) is 14.1 Å². The van der Waals surface area contributed by atoms with Crippen LogP contribution in [-0.2, 0) is 21.4 Å². The van der Waals surface area contributed by atoms with E-state index in [-0.39, 0.29) is 10.1 Å². The van der Waals surface area contributed by atoms with Gasteiger partial charge in [-0.3, -0.25) is 4.98 Å². The van der Waals surface area contributed by atoms with E-state index in [0.717, 1.165) is 17.5 Å². The van der Waals surface area contributed by atoms with Gasteiger partial charge in [0.05, 0.1) is 11.7 Å². The SMILES string of the molecule is CN(C)CCc1cn(S(=O)(=O)C2=CC=C(Cl)N3ONC=C23)c2ccncc12. The Morgan fingerprint density at radius 2 is 2.15 bits per heavy atom. The molecule has 8 nitrogen and oxygen atoms in total. The van der Waals surface area contributed by atoms with Crippen LogP contribution in [0.3, 0.4) is 0 Å². The maximum atomic E-state index is 13.4. The number of aromatic nitrogens is 2. The molecule has 2 aromatic heterocycles. The molecule has 0 atom stereocenters. The Balaban J connectivity index is 1.84. The minimum absolute atomic E-state index is 0.0878. The fraction of sp³-hybridized carbons (Fsp3) is 0.235. The Morgan fingerprint density at radius 1 is 1.33 bits per heavy atom. The van der Waals surface area contributed by atoms with Crippen molar-refractivity contribution in [2.24, 2.45) is 0 Å². The van der Waals surface area contributed by atoms with Gasteiger partial charge in [0.1, 0.15) is 15.8 Å². The molecule has 0 amide bonds. The second-order valence-electron chi connectivity index (χ2n) is 6.45. The van der Waals surface area contributed by atoms with Crippen LogP contribution in [0.1, 0.15) is 5.56 Å². The number of nitrogens with zero attached hydrogens (tertiary/aromatic N) is 4. The van der Waals surface area contributed by atoms with Gasteiger partial charge in [0.25, 0.3) is 10.0 Å². The Bertz CT molecular complexity index is 1100. The first kappa shape index (κ1) is 18.1. The number of hydrogen-bond donors (Lipinski definition) is 1. The molecule has 0 saturated heterocycles. The van der Waals surface area contributed by atoms with E-state index in [2.05, 4.69) is 15.4 Å². The van der Waals surface area contributed by atoms with Gasteiger partial charge in [-0.15, -0.1) is 0 Å². The van der Waals surface area contributed by atoms with Gasteiger partial charge in [0.15, 0.2) is 0 Å². The van der Waals surface area contributed by atoms with E-state index in [9.17, 15) is 8.42 Å². The molecule has 0 saturated carbocycles. The number of rotatable bonds is 5. The van der Waals surface area contributed by atoms with Crippen molar-refractivity contribution in [2.45, 2.75) is 6.42 Å². The Hall–Kier alpha value is -2.33. The van der Waals surface area contributed by atoms with E-state index in [1.54, 1.807) is 24.7 Å². The molecule has 0 aromatic carbocycles. The quantitative estimate of drug-likeness (QED) is 0.758. The van der Waals surface area contributed by atoms with Crippen LogP contribution in [0, 0.1) is 0 Å². The summed E-state index contributed by atoms with van der Waals surface area (Å²) in [6, 6.07) is 1.70. The number of pyridine rings is 1. The smallest absolute Gasteiger partial charge is 0.270 e. The first-order valence-corrected chi connectivity index (χ1v) is 10.1. The number of hydroxylamine groups is 3. The summed E-state index contributed by atoms with van der Waals surface area (Å²) in [4.78, 5) is 11.4. The topological polar surface area (TPSA) is 79.7 Å². The molecular formula is C17H18ClN5O3S. The predicted octanol–water partition coefficient (Wildman–Crippen LogP) is 1.89. The molecule has 2 aliphatic rings. The van der Waals surface area contributed by atoms with Crippen LogP contribution in [0.4, 0.5) is 0 Å². The van der Waals surface area contributed by atoms with Gasteiger partial charge in [0.2, 0.25) is 0 Å². The lowest BCUT2D eigenvalue weighted by atomic mass is 10.1. The van der Waals surface area contributed by atoms with Gasteiger partial charge >= 0.3 is 0 Å². The standard InChI is InChI=1S/C17H18ClN5O3S/c1-21(2)8-6-12-11-22(14-5-7-19-9-13(12)14)27(24,25)16-3-4-17(18)23-15(16)10-20-26-23/h3-5,7,9-11,20H,6,8H2,1-2H3. The number of hydrogen-bond acceptors (Lipinski definition) is 7. The second-order valence-corrected chi connectivity index (χ2v) is 8.63. The Kier molecular flexibility index (Phi) is 4.47. The van der Waals surface area contributed by atoms with Crippen molar-refractivity contribution in [1.82, 2.24) is 24.4 Å². The van der Waals surface area contributed by atoms with Gasteiger partial charge in [-0.25, -0.2) is 17.9 Å². The summed E-state index contributed by atoms with van der Waals surface area (Å²) in [5.41, 5.74) is 4.36. The van der Waals surface area contributed by atoms with E-state index < -0.39 is 10.0 Å². The highest BCUT2D eigenvalue weighted by Gasteiger charge is 2.35. The van der Waals surface area contributed by atoms with Crippen molar-refractivity contribution in [3.8, 4) is 0 Å². The van der Waals surface area contributed by atoms with E-state index in [4.69, 9.17) is 16.5 Å². The summed E-state index contributed by atoms with van der Waals surface area (Å²) in [5.74, 6) is 0. The van der Waals surface area contributed by atoms with Gasteiger partial charge in [0, 0.05) is 30.5 Å². The average molecular weight is 408 g/mol. The highest BCUT2D eigenvalue weighted by atomic mass is 35.5. The number of likely N-dealkylation sites (N-methyl/N-ethyl adjacent to an activating group) is 1. The second kappa shape index (κ2) is 6.68. The maximum absolute atomic E-state index is 13.4. The monoisotopic (exact) mass is 407 g/mol.